The van der Waals surface area contributed by atoms with Crippen molar-refractivity contribution in [3.8, 4) is 5.75 Å². The molecule has 15 heavy (non-hydrogen) atoms. The van der Waals surface area contributed by atoms with Gasteiger partial charge in [-0.2, -0.15) is 4.39 Å². The lowest BCUT2D eigenvalue weighted by Crippen LogP contribution is -2.25. The molecule has 2 nitrogen and oxygen atoms in total. The van der Waals surface area contributed by atoms with Crippen molar-refractivity contribution in [2.45, 2.75) is 12.5 Å². The van der Waals surface area contributed by atoms with Crippen molar-refractivity contribution >= 4 is 15.9 Å². The highest BCUT2D eigenvalue weighted by Gasteiger charge is 2.27. The van der Waals surface area contributed by atoms with E-state index in [2.05, 4.69) is 21.2 Å². The summed E-state index contributed by atoms with van der Waals surface area (Å²) in [6, 6.07) is 1.13. The lowest BCUT2D eigenvalue weighted by Gasteiger charge is -2.27. The second kappa shape index (κ2) is 4.06. The van der Waals surface area contributed by atoms with E-state index < -0.39 is 11.6 Å². The minimum Gasteiger partial charge on any atom is -0.490 e. The van der Waals surface area contributed by atoms with Crippen LogP contribution in [0, 0.1) is 11.6 Å². The van der Waals surface area contributed by atoms with Gasteiger partial charge in [0.15, 0.2) is 11.6 Å². The van der Waals surface area contributed by atoms with Crippen LogP contribution in [-0.4, -0.2) is 13.7 Å². The van der Waals surface area contributed by atoms with E-state index in [-0.39, 0.29) is 11.8 Å². The van der Waals surface area contributed by atoms with Crippen LogP contribution in [0.15, 0.2) is 10.5 Å². The van der Waals surface area contributed by atoms with Gasteiger partial charge in [0.1, 0.15) is 0 Å². The van der Waals surface area contributed by atoms with Crippen LogP contribution >= 0.6 is 15.9 Å². The van der Waals surface area contributed by atoms with Crippen molar-refractivity contribution in [2.24, 2.45) is 0 Å². The monoisotopic (exact) mass is 277 g/mol. The number of rotatable bonds is 1. The molecule has 0 spiro atoms. The molecule has 0 fully saturated rings. The second-order valence-corrected chi connectivity index (χ2v) is 4.23. The predicted molar refractivity (Wildman–Crippen MR) is 56.0 cm³/mol. The molecule has 5 heteroatoms. The molecule has 1 heterocycles. The van der Waals surface area contributed by atoms with Crippen LogP contribution in [0.4, 0.5) is 8.78 Å². The van der Waals surface area contributed by atoms with E-state index in [1.807, 2.05) is 0 Å². The van der Waals surface area contributed by atoms with Crippen LogP contribution in [0.5, 0.6) is 5.75 Å². The van der Waals surface area contributed by atoms with E-state index in [1.54, 1.807) is 7.05 Å². The van der Waals surface area contributed by atoms with Gasteiger partial charge in [0.05, 0.1) is 6.61 Å². The molecule has 1 aliphatic rings. The first kappa shape index (κ1) is 10.8. The van der Waals surface area contributed by atoms with E-state index in [1.165, 1.54) is 0 Å². The maximum absolute atomic E-state index is 13.4. The fourth-order valence-corrected chi connectivity index (χ4v) is 2.42. The minimum atomic E-state index is -0.909. The van der Waals surface area contributed by atoms with Crippen LogP contribution in [0.1, 0.15) is 18.0 Å². The van der Waals surface area contributed by atoms with E-state index >= 15 is 0 Å². The molecule has 0 saturated heterocycles. The summed E-state index contributed by atoms with van der Waals surface area (Å²) in [4.78, 5) is 0. The molecule has 0 bridgehead atoms. The van der Waals surface area contributed by atoms with Crippen molar-refractivity contribution in [3.63, 3.8) is 0 Å². The Bertz CT molecular complexity index is 397. The van der Waals surface area contributed by atoms with Crippen LogP contribution < -0.4 is 10.1 Å². The summed E-state index contributed by atoms with van der Waals surface area (Å²) in [5.74, 6) is -1.78. The molecule has 82 valence electrons. The average Bonchev–Trinajstić information content (AvgIpc) is 2.25. The Morgan fingerprint density at radius 1 is 1.53 bits per heavy atom. The number of hydrogen-bond acceptors (Lipinski definition) is 2. The summed E-state index contributed by atoms with van der Waals surface area (Å²) >= 11 is 3.22. The number of fused-ring (bicyclic) bond motifs is 1. The third-order valence-electron chi connectivity index (χ3n) is 2.51. The van der Waals surface area contributed by atoms with Crippen molar-refractivity contribution in [3.05, 3.63) is 27.7 Å². The molecule has 0 saturated carbocycles. The number of nitrogens with one attached hydrogen (secondary N) is 1. The Morgan fingerprint density at radius 3 is 2.93 bits per heavy atom. The molecule has 1 aromatic rings. The number of halogens is 3. The van der Waals surface area contributed by atoms with E-state index in [4.69, 9.17) is 4.74 Å². The zero-order valence-electron chi connectivity index (χ0n) is 8.11. The quantitative estimate of drug-likeness (QED) is 0.797. The molecule has 1 aromatic carbocycles. The predicted octanol–water partition coefficient (Wildman–Crippen LogP) is 2.77. The molecule has 1 unspecified atom stereocenters. The van der Waals surface area contributed by atoms with Crippen LogP contribution in [-0.2, 0) is 0 Å². The Kier molecular flexibility index (Phi) is 2.93. The van der Waals surface area contributed by atoms with Gasteiger partial charge in [-0.1, -0.05) is 15.9 Å². The van der Waals surface area contributed by atoms with Gasteiger partial charge < -0.3 is 10.1 Å². The largest absolute Gasteiger partial charge is 0.490 e. The van der Waals surface area contributed by atoms with Crippen LogP contribution in [0.2, 0.25) is 0 Å². The lowest BCUT2D eigenvalue weighted by atomic mass is 10.0. The van der Waals surface area contributed by atoms with Crippen molar-refractivity contribution in [1.29, 1.82) is 0 Å². The van der Waals surface area contributed by atoms with Crippen molar-refractivity contribution in [1.82, 2.24) is 5.32 Å². The van der Waals surface area contributed by atoms with E-state index in [9.17, 15) is 8.78 Å². The Labute approximate surface area is 94.7 Å². The summed E-state index contributed by atoms with van der Waals surface area (Å²) in [5, 5.41) is 3.05. The zero-order chi connectivity index (χ0) is 11.0. The van der Waals surface area contributed by atoms with Gasteiger partial charge in [0.25, 0.3) is 0 Å². The average molecular weight is 278 g/mol. The smallest absolute Gasteiger partial charge is 0.201 e. The molecule has 0 amide bonds. The van der Waals surface area contributed by atoms with Gasteiger partial charge in [-0.25, -0.2) is 4.39 Å². The van der Waals surface area contributed by atoms with E-state index in [0.29, 0.717) is 16.6 Å². The highest BCUT2D eigenvalue weighted by atomic mass is 79.9. The molecule has 1 aliphatic heterocycles. The summed E-state index contributed by atoms with van der Waals surface area (Å²) in [6.07, 6.45) is 0.743. The third-order valence-corrected chi connectivity index (χ3v) is 3.17. The number of ether oxygens (including phenoxy) is 1. The Hall–Kier alpha value is -0.680. The van der Waals surface area contributed by atoms with Crippen LogP contribution in [0.25, 0.3) is 0 Å². The highest BCUT2D eigenvalue weighted by molar-refractivity contribution is 9.10. The zero-order valence-corrected chi connectivity index (χ0v) is 9.70. The lowest BCUT2D eigenvalue weighted by molar-refractivity contribution is 0.240. The standard InChI is InChI=1S/C10H10BrF2NO/c1-14-7-2-3-15-10-8(7)5(11)4-6(12)9(10)13/h4,7,14H,2-3H2,1H3. The fraction of sp³-hybridized carbons (Fsp3) is 0.400. The van der Waals surface area contributed by atoms with Gasteiger partial charge in [-0.05, 0) is 13.1 Å². The molecular weight excluding hydrogens is 268 g/mol. The fourth-order valence-electron chi connectivity index (χ4n) is 1.77. The molecule has 1 N–H and O–H groups in total. The van der Waals surface area contributed by atoms with Gasteiger partial charge in [0.2, 0.25) is 5.82 Å². The molecule has 1 atom stereocenters. The topological polar surface area (TPSA) is 21.3 Å². The minimum absolute atomic E-state index is 0.00164. The first-order valence-electron chi connectivity index (χ1n) is 4.62. The van der Waals surface area contributed by atoms with E-state index in [0.717, 1.165) is 12.5 Å². The van der Waals surface area contributed by atoms with Gasteiger partial charge >= 0.3 is 0 Å². The third kappa shape index (κ3) is 1.74. The maximum atomic E-state index is 13.4. The van der Waals surface area contributed by atoms with Gasteiger partial charge in [-0.3, -0.25) is 0 Å². The summed E-state index contributed by atoms with van der Waals surface area (Å²) < 4.78 is 32.2. The summed E-state index contributed by atoms with van der Waals surface area (Å²) in [6.45, 7) is 0.394. The first-order chi connectivity index (χ1) is 7.15. The molecule has 0 aliphatic carbocycles. The molecular formula is C10H10BrF2NO. The van der Waals surface area contributed by atoms with Gasteiger partial charge in [-0.15, -0.1) is 0 Å². The Morgan fingerprint density at radius 2 is 2.27 bits per heavy atom. The normalized spacial score (nSPS) is 19.6. The van der Waals surface area contributed by atoms with Gasteiger partial charge in [0, 0.05) is 22.5 Å². The maximum Gasteiger partial charge on any atom is 0.201 e. The molecule has 2 rings (SSSR count). The summed E-state index contributed by atoms with van der Waals surface area (Å²) in [5.41, 5.74) is 0.655. The first-order valence-corrected chi connectivity index (χ1v) is 5.42. The molecule has 0 aromatic heterocycles. The molecule has 0 radical (unpaired) electrons. The number of benzene rings is 1. The van der Waals surface area contributed by atoms with Crippen LogP contribution in [0.3, 0.4) is 0 Å². The Balaban J connectivity index is 2.61. The highest BCUT2D eigenvalue weighted by Crippen LogP contribution is 2.40. The van der Waals surface area contributed by atoms with Crippen molar-refractivity contribution in [2.75, 3.05) is 13.7 Å². The second-order valence-electron chi connectivity index (χ2n) is 3.38. The van der Waals surface area contributed by atoms with Crippen molar-refractivity contribution < 1.29 is 13.5 Å². The number of hydrogen-bond donors (Lipinski definition) is 1. The SMILES string of the molecule is CNC1CCOc2c(F)c(F)cc(Br)c21. The summed E-state index contributed by atoms with van der Waals surface area (Å²) in [7, 11) is 1.79.